The summed E-state index contributed by atoms with van der Waals surface area (Å²) < 4.78 is 0. The van der Waals surface area contributed by atoms with Crippen LogP contribution in [0.25, 0.3) is 0 Å². The van der Waals surface area contributed by atoms with Crippen LogP contribution in [0.1, 0.15) is 19.3 Å². The molecule has 90 valence electrons. The van der Waals surface area contributed by atoms with Gasteiger partial charge in [0.1, 0.15) is 0 Å². The molecule has 0 aromatic rings. The molecule has 0 saturated carbocycles. The van der Waals surface area contributed by atoms with Crippen molar-refractivity contribution < 1.29 is 14.7 Å². The van der Waals surface area contributed by atoms with Crippen molar-refractivity contribution in [3.8, 4) is 0 Å². The van der Waals surface area contributed by atoms with Gasteiger partial charge in [-0.1, -0.05) is 6.08 Å². The van der Waals surface area contributed by atoms with Crippen LogP contribution >= 0.6 is 0 Å². The summed E-state index contributed by atoms with van der Waals surface area (Å²) >= 11 is 0. The van der Waals surface area contributed by atoms with Crippen molar-refractivity contribution in [1.29, 1.82) is 0 Å². The van der Waals surface area contributed by atoms with E-state index in [1.165, 1.54) is 0 Å². The number of carbonyl (C=O) groups excluding carboxylic acids is 1. The highest BCUT2D eigenvalue weighted by atomic mass is 16.4. The van der Waals surface area contributed by atoms with Gasteiger partial charge in [-0.2, -0.15) is 0 Å². The highest BCUT2D eigenvalue weighted by Crippen LogP contribution is 2.20. The smallest absolute Gasteiger partial charge is 0.317 e. The number of hydrogen-bond acceptors (Lipinski definition) is 2. The van der Waals surface area contributed by atoms with Crippen molar-refractivity contribution in [3.63, 3.8) is 0 Å². The van der Waals surface area contributed by atoms with Gasteiger partial charge in [-0.25, -0.2) is 4.79 Å². The molecule has 0 spiro atoms. The Morgan fingerprint density at radius 3 is 2.94 bits per heavy atom. The van der Waals surface area contributed by atoms with Gasteiger partial charge in [0, 0.05) is 26.1 Å². The number of nitrogens with one attached hydrogen (secondary N) is 1. The molecular weight excluding hydrogens is 208 g/mol. The van der Waals surface area contributed by atoms with Gasteiger partial charge >= 0.3 is 12.0 Å². The third kappa shape index (κ3) is 3.92. The first-order valence-corrected chi connectivity index (χ1v) is 5.49. The number of nitrogens with zero attached hydrogens (tertiary/aromatic N) is 1. The summed E-state index contributed by atoms with van der Waals surface area (Å²) in [4.78, 5) is 23.7. The number of carboxylic acids is 1. The van der Waals surface area contributed by atoms with Gasteiger partial charge in [-0.15, -0.1) is 6.58 Å². The largest absolute Gasteiger partial charge is 0.481 e. The Balaban J connectivity index is 2.26. The van der Waals surface area contributed by atoms with Crippen LogP contribution < -0.4 is 5.32 Å². The minimum absolute atomic E-state index is 0.0854. The number of hydrogen-bond donors (Lipinski definition) is 2. The Bertz CT molecular complexity index is 278. The molecule has 0 bridgehead atoms. The van der Waals surface area contributed by atoms with Crippen molar-refractivity contribution in [2.75, 3.05) is 19.6 Å². The van der Waals surface area contributed by atoms with E-state index in [-0.39, 0.29) is 12.5 Å². The molecule has 1 unspecified atom stereocenters. The predicted octanol–water partition coefficient (Wildman–Crippen LogP) is 1.07. The number of carbonyl (C=O) groups is 2. The summed E-state index contributed by atoms with van der Waals surface area (Å²) in [6, 6.07) is -0.0854. The Kier molecular flexibility index (Phi) is 4.82. The molecule has 1 aliphatic rings. The lowest BCUT2D eigenvalue weighted by Gasteiger charge is -2.16. The molecule has 1 atom stereocenters. The summed E-state index contributed by atoms with van der Waals surface area (Å²) in [6.45, 7) is 5.37. The molecular formula is C11H18N2O3. The standard InChI is InChI=1S/C11H18N2O3/c1-2-6-12-11(16)13-7-5-9(8-13)3-4-10(14)15/h2,9H,1,3-8H2,(H,12,16)(H,14,15). The number of amides is 2. The number of likely N-dealkylation sites (tertiary alicyclic amines) is 1. The van der Waals surface area contributed by atoms with Crippen molar-refractivity contribution >= 4 is 12.0 Å². The summed E-state index contributed by atoms with van der Waals surface area (Å²) in [5.41, 5.74) is 0. The quantitative estimate of drug-likeness (QED) is 0.689. The van der Waals surface area contributed by atoms with E-state index in [4.69, 9.17) is 5.11 Å². The van der Waals surface area contributed by atoms with Gasteiger partial charge < -0.3 is 15.3 Å². The monoisotopic (exact) mass is 226 g/mol. The normalized spacial score (nSPS) is 19.5. The zero-order valence-electron chi connectivity index (χ0n) is 9.32. The molecule has 0 aromatic carbocycles. The van der Waals surface area contributed by atoms with Crippen LogP contribution in [0.15, 0.2) is 12.7 Å². The summed E-state index contributed by atoms with van der Waals surface area (Å²) in [5, 5.41) is 11.3. The van der Waals surface area contributed by atoms with Gasteiger partial charge in [0.2, 0.25) is 0 Å². The molecule has 5 heteroatoms. The number of urea groups is 1. The van der Waals surface area contributed by atoms with Crippen LogP contribution in [0.3, 0.4) is 0 Å². The first kappa shape index (κ1) is 12.5. The van der Waals surface area contributed by atoms with Gasteiger partial charge in [0.05, 0.1) is 0 Å². The summed E-state index contributed by atoms with van der Waals surface area (Å²) in [7, 11) is 0. The average molecular weight is 226 g/mol. The fourth-order valence-corrected chi connectivity index (χ4v) is 1.85. The third-order valence-electron chi connectivity index (χ3n) is 2.74. The van der Waals surface area contributed by atoms with Gasteiger partial charge in [0.15, 0.2) is 0 Å². The maximum absolute atomic E-state index is 11.5. The van der Waals surface area contributed by atoms with E-state index < -0.39 is 5.97 Å². The highest BCUT2D eigenvalue weighted by Gasteiger charge is 2.25. The fraction of sp³-hybridized carbons (Fsp3) is 0.636. The van der Waals surface area contributed by atoms with Crippen LogP contribution in [0.2, 0.25) is 0 Å². The van der Waals surface area contributed by atoms with Gasteiger partial charge in [-0.3, -0.25) is 4.79 Å². The number of carboxylic acid groups (broad SMARTS) is 1. The molecule has 0 aromatic heterocycles. The molecule has 16 heavy (non-hydrogen) atoms. The molecule has 1 rings (SSSR count). The molecule has 0 aliphatic carbocycles. The molecule has 1 heterocycles. The van der Waals surface area contributed by atoms with Crippen LogP contribution in [0, 0.1) is 5.92 Å². The summed E-state index contributed by atoms with van der Waals surface area (Å²) in [6.07, 6.45) is 3.37. The lowest BCUT2D eigenvalue weighted by Crippen LogP contribution is -2.38. The van der Waals surface area contributed by atoms with E-state index in [0.29, 0.717) is 32.0 Å². The maximum Gasteiger partial charge on any atom is 0.317 e. The van der Waals surface area contributed by atoms with Crippen LogP contribution in [0.5, 0.6) is 0 Å². The minimum atomic E-state index is -0.769. The van der Waals surface area contributed by atoms with Crippen molar-refractivity contribution in [2.45, 2.75) is 19.3 Å². The van der Waals surface area contributed by atoms with E-state index in [2.05, 4.69) is 11.9 Å². The molecule has 1 fully saturated rings. The van der Waals surface area contributed by atoms with E-state index in [1.54, 1.807) is 11.0 Å². The second-order valence-electron chi connectivity index (χ2n) is 4.01. The zero-order chi connectivity index (χ0) is 12.0. The number of aliphatic carboxylic acids is 1. The van der Waals surface area contributed by atoms with Crippen molar-refractivity contribution in [2.24, 2.45) is 5.92 Å². The molecule has 1 aliphatic heterocycles. The molecule has 0 radical (unpaired) electrons. The van der Waals surface area contributed by atoms with E-state index in [9.17, 15) is 9.59 Å². The van der Waals surface area contributed by atoms with E-state index in [0.717, 1.165) is 6.42 Å². The Hall–Kier alpha value is -1.52. The van der Waals surface area contributed by atoms with E-state index in [1.807, 2.05) is 0 Å². The first-order valence-electron chi connectivity index (χ1n) is 5.49. The minimum Gasteiger partial charge on any atom is -0.481 e. The van der Waals surface area contributed by atoms with Crippen LogP contribution in [-0.2, 0) is 4.79 Å². The molecule has 1 saturated heterocycles. The van der Waals surface area contributed by atoms with Gasteiger partial charge in [-0.05, 0) is 18.8 Å². The van der Waals surface area contributed by atoms with Gasteiger partial charge in [0.25, 0.3) is 0 Å². The SMILES string of the molecule is C=CCNC(=O)N1CCC(CCC(=O)O)C1. The van der Waals surface area contributed by atoms with Crippen LogP contribution in [0.4, 0.5) is 4.79 Å². The Labute approximate surface area is 95.1 Å². The summed E-state index contributed by atoms with van der Waals surface area (Å²) in [5.74, 6) is -0.444. The predicted molar refractivity (Wildman–Crippen MR) is 60.1 cm³/mol. The van der Waals surface area contributed by atoms with Crippen molar-refractivity contribution in [3.05, 3.63) is 12.7 Å². The van der Waals surface area contributed by atoms with Crippen molar-refractivity contribution in [1.82, 2.24) is 10.2 Å². The Morgan fingerprint density at radius 1 is 1.56 bits per heavy atom. The third-order valence-corrected chi connectivity index (χ3v) is 2.74. The highest BCUT2D eigenvalue weighted by molar-refractivity contribution is 5.74. The maximum atomic E-state index is 11.5. The first-order chi connectivity index (χ1) is 7.63. The zero-order valence-corrected chi connectivity index (χ0v) is 9.32. The lowest BCUT2D eigenvalue weighted by atomic mass is 10.0. The topological polar surface area (TPSA) is 69.6 Å². The number of rotatable bonds is 5. The lowest BCUT2D eigenvalue weighted by molar-refractivity contribution is -0.137. The molecule has 2 N–H and O–H groups in total. The molecule has 5 nitrogen and oxygen atoms in total. The average Bonchev–Trinajstić information content (AvgIpc) is 2.71. The second-order valence-corrected chi connectivity index (χ2v) is 4.01. The second kappa shape index (κ2) is 6.15. The molecule has 2 amide bonds. The fourth-order valence-electron chi connectivity index (χ4n) is 1.85. The van der Waals surface area contributed by atoms with E-state index >= 15 is 0 Å². The Morgan fingerprint density at radius 2 is 2.31 bits per heavy atom. The van der Waals surface area contributed by atoms with Crippen LogP contribution in [-0.4, -0.2) is 41.6 Å².